The molecule has 0 aromatic heterocycles. The molecule has 7 aliphatic rings. The minimum atomic E-state index is -0.973. The number of amides is 5. The topological polar surface area (TPSA) is 141 Å². The summed E-state index contributed by atoms with van der Waals surface area (Å²) in [4.78, 5) is 77.1. The molecule has 300 valence electrons. The number of anilines is 2. The fourth-order valence-electron chi connectivity index (χ4n) is 11.0. The second kappa shape index (κ2) is 15.0. The smallest absolute Gasteiger partial charge is 0.262 e. The zero-order chi connectivity index (χ0) is 39.6. The van der Waals surface area contributed by atoms with E-state index >= 15 is 0 Å². The van der Waals surface area contributed by atoms with Gasteiger partial charge in [-0.25, -0.2) is 0 Å². The Morgan fingerprint density at radius 2 is 1.51 bits per heavy atom. The number of carbonyl (C=O) groups excluding carboxylic acids is 5. The predicted octanol–water partition coefficient (Wildman–Crippen LogP) is 3.89. The summed E-state index contributed by atoms with van der Waals surface area (Å²) < 4.78 is 0. The van der Waals surface area contributed by atoms with Gasteiger partial charge in [-0.15, -0.1) is 0 Å². The highest BCUT2D eigenvalue weighted by molar-refractivity contribution is 6.32. The van der Waals surface area contributed by atoms with Crippen LogP contribution >= 0.6 is 11.6 Å². The molecule has 1 saturated carbocycles. The third-order valence-electron chi connectivity index (χ3n) is 14.4. The molecular formula is C43H51ClN8O5. The first-order valence-electron chi connectivity index (χ1n) is 20.8. The van der Waals surface area contributed by atoms with E-state index in [1.54, 1.807) is 12.1 Å². The van der Waals surface area contributed by atoms with E-state index in [0.29, 0.717) is 51.2 Å². The number of halogens is 1. The molecule has 6 fully saturated rings. The largest absolute Gasteiger partial charge is 0.368 e. The highest BCUT2D eigenvalue weighted by Crippen LogP contribution is 2.46. The van der Waals surface area contributed by atoms with Gasteiger partial charge in [0.2, 0.25) is 17.7 Å². The molecule has 0 radical (unpaired) electrons. The Kier molecular flexibility index (Phi) is 10.0. The van der Waals surface area contributed by atoms with Crippen molar-refractivity contribution in [3.63, 3.8) is 0 Å². The Hall–Kier alpha value is -4.51. The van der Waals surface area contributed by atoms with E-state index < -0.39 is 29.7 Å². The summed E-state index contributed by atoms with van der Waals surface area (Å²) in [6.45, 7) is 10.4. The zero-order valence-electron chi connectivity index (χ0n) is 32.6. The van der Waals surface area contributed by atoms with Crippen molar-refractivity contribution in [3.05, 3.63) is 58.1 Å². The molecule has 6 aliphatic heterocycles. The number of benzene rings is 2. The molecule has 9 rings (SSSR count). The first kappa shape index (κ1) is 38.0. The van der Waals surface area contributed by atoms with E-state index in [1.165, 1.54) is 19.3 Å². The number of carbonyl (C=O) groups is 5. The Bertz CT molecular complexity index is 2020. The summed E-state index contributed by atoms with van der Waals surface area (Å²) in [5.41, 5.74) is 3.41. The monoisotopic (exact) mass is 794 g/mol. The Morgan fingerprint density at radius 3 is 2.19 bits per heavy atom. The molecule has 2 aromatic carbocycles. The van der Waals surface area contributed by atoms with Gasteiger partial charge in [0.15, 0.2) is 0 Å². The number of fused-ring (bicyclic) bond motifs is 1. The summed E-state index contributed by atoms with van der Waals surface area (Å²) in [5.74, 6) is -1.54. The maximum atomic E-state index is 13.7. The molecule has 5 amide bonds. The number of likely N-dealkylation sites (tertiary alicyclic amines) is 1. The average Bonchev–Trinajstić information content (AvgIpc) is 3.65. The summed E-state index contributed by atoms with van der Waals surface area (Å²) in [6, 6.07) is 13.7. The van der Waals surface area contributed by atoms with Crippen molar-refractivity contribution in [1.82, 2.24) is 24.9 Å². The number of piperazine rings is 1. The van der Waals surface area contributed by atoms with E-state index in [4.69, 9.17) is 11.6 Å². The molecule has 2 unspecified atom stereocenters. The van der Waals surface area contributed by atoms with E-state index in [0.717, 1.165) is 101 Å². The van der Waals surface area contributed by atoms with Crippen molar-refractivity contribution in [1.29, 1.82) is 5.26 Å². The van der Waals surface area contributed by atoms with Crippen LogP contribution in [0.2, 0.25) is 5.02 Å². The SMILES string of the molecule is CC1CC2(CCN([C@H]3CC[C@H](C(=O)N4CCN(C5CN(c6ccc7c(c6)C(=O)N(C6CCC(=O)NC6=O)C7=O)C5)CC4)CC3)CC2)CN1c1ccc(C#N)c(Cl)c1. The maximum absolute atomic E-state index is 13.7. The second-order valence-corrected chi connectivity index (χ2v) is 18.0. The molecule has 1 spiro atoms. The van der Waals surface area contributed by atoms with Crippen LogP contribution in [0.3, 0.4) is 0 Å². The Morgan fingerprint density at radius 1 is 0.825 bits per heavy atom. The lowest BCUT2D eigenvalue weighted by Crippen LogP contribution is -2.64. The van der Waals surface area contributed by atoms with Crippen LogP contribution in [-0.4, -0.2) is 132 Å². The highest BCUT2D eigenvalue weighted by atomic mass is 35.5. The van der Waals surface area contributed by atoms with Gasteiger partial charge in [0.05, 0.1) is 21.7 Å². The van der Waals surface area contributed by atoms with Gasteiger partial charge in [-0.1, -0.05) is 11.6 Å². The summed E-state index contributed by atoms with van der Waals surface area (Å²) >= 11 is 6.39. The second-order valence-electron chi connectivity index (χ2n) is 17.6. The van der Waals surface area contributed by atoms with Gasteiger partial charge in [-0.05, 0) is 113 Å². The number of piperidine rings is 2. The number of nitrogens with one attached hydrogen (secondary N) is 1. The van der Waals surface area contributed by atoms with Crippen LogP contribution in [0.5, 0.6) is 0 Å². The fraction of sp³-hybridized carbons (Fsp3) is 0.581. The number of nitrogens with zero attached hydrogens (tertiary/aromatic N) is 7. The molecule has 1 N–H and O–H groups in total. The number of hydrogen-bond acceptors (Lipinski definition) is 10. The van der Waals surface area contributed by atoms with Gasteiger partial charge < -0.3 is 19.6 Å². The van der Waals surface area contributed by atoms with Crippen molar-refractivity contribution in [3.8, 4) is 6.07 Å². The molecule has 0 bridgehead atoms. The first-order chi connectivity index (χ1) is 27.5. The van der Waals surface area contributed by atoms with Gasteiger partial charge in [-0.2, -0.15) is 5.26 Å². The van der Waals surface area contributed by atoms with E-state index in [9.17, 15) is 29.2 Å². The van der Waals surface area contributed by atoms with Crippen LogP contribution in [0.15, 0.2) is 36.4 Å². The quantitative estimate of drug-likeness (QED) is 0.429. The summed E-state index contributed by atoms with van der Waals surface area (Å²) in [6.07, 6.45) is 7.90. The molecular weight excluding hydrogens is 744 g/mol. The van der Waals surface area contributed by atoms with Gasteiger partial charge in [0.25, 0.3) is 11.8 Å². The van der Waals surface area contributed by atoms with Crippen molar-refractivity contribution in [2.24, 2.45) is 11.3 Å². The van der Waals surface area contributed by atoms with E-state index in [-0.39, 0.29) is 18.8 Å². The Labute approximate surface area is 338 Å². The average molecular weight is 795 g/mol. The van der Waals surface area contributed by atoms with Crippen LogP contribution < -0.4 is 15.1 Å². The summed E-state index contributed by atoms with van der Waals surface area (Å²) in [7, 11) is 0. The number of rotatable bonds is 6. The lowest BCUT2D eigenvalue weighted by Gasteiger charge is -2.49. The third-order valence-corrected chi connectivity index (χ3v) is 14.7. The van der Waals surface area contributed by atoms with Crippen LogP contribution in [0.1, 0.15) is 91.0 Å². The van der Waals surface area contributed by atoms with Crippen LogP contribution in [-0.2, 0) is 14.4 Å². The molecule has 6 heterocycles. The predicted molar refractivity (Wildman–Crippen MR) is 214 cm³/mol. The third kappa shape index (κ3) is 6.97. The minimum Gasteiger partial charge on any atom is -0.368 e. The maximum Gasteiger partial charge on any atom is 0.262 e. The molecule has 57 heavy (non-hydrogen) atoms. The van der Waals surface area contributed by atoms with Crippen molar-refractivity contribution in [2.45, 2.75) is 88.9 Å². The molecule has 2 atom stereocenters. The van der Waals surface area contributed by atoms with Crippen molar-refractivity contribution < 1.29 is 24.0 Å². The summed E-state index contributed by atoms with van der Waals surface area (Å²) in [5, 5.41) is 12.1. The Balaban J connectivity index is 0.706. The van der Waals surface area contributed by atoms with Gasteiger partial charge in [0, 0.05) is 87.7 Å². The molecule has 5 saturated heterocycles. The van der Waals surface area contributed by atoms with Crippen LogP contribution in [0.4, 0.5) is 11.4 Å². The molecule has 13 nitrogen and oxygen atoms in total. The van der Waals surface area contributed by atoms with E-state index in [1.807, 2.05) is 24.3 Å². The number of hydrogen-bond donors (Lipinski definition) is 1. The van der Waals surface area contributed by atoms with Crippen LogP contribution in [0, 0.1) is 22.7 Å². The van der Waals surface area contributed by atoms with Gasteiger partial charge in [-0.3, -0.25) is 39.1 Å². The molecule has 14 heteroatoms. The highest BCUT2D eigenvalue weighted by Gasteiger charge is 2.47. The standard InChI is InChI=1S/C43H51ClN8O5/c1-27-22-43(26-51(27)32-7-4-29(23-45)36(44)21-32)12-14-47(15-13-43)30-5-2-28(3-6-30)40(55)49-18-16-48(17-19-49)33-24-50(25-33)31-8-9-34-35(20-31)42(57)52(41(34)56)37-10-11-38(53)46-39(37)54/h4,7-9,20-21,27-28,30,33,37H,2-3,5-6,10-19,22,24-26H2,1H3,(H,46,53,54)/t27?,28-,30-,37?. The molecule has 1 aliphatic carbocycles. The lowest BCUT2D eigenvalue weighted by molar-refractivity contribution is -0.139. The number of imide groups is 2. The first-order valence-corrected chi connectivity index (χ1v) is 21.2. The van der Waals surface area contributed by atoms with Crippen molar-refractivity contribution in [2.75, 3.05) is 68.7 Å². The fourth-order valence-corrected chi connectivity index (χ4v) is 11.2. The van der Waals surface area contributed by atoms with Crippen LogP contribution in [0.25, 0.3) is 0 Å². The lowest BCUT2D eigenvalue weighted by atomic mass is 9.75. The van der Waals surface area contributed by atoms with Gasteiger partial charge in [0.1, 0.15) is 12.1 Å². The zero-order valence-corrected chi connectivity index (χ0v) is 33.4. The van der Waals surface area contributed by atoms with Crippen molar-refractivity contribution >= 4 is 52.5 Å². The van der Waals surface area contributed by atoms with E-state index in [2.05, 4.69) is 42.8 Å². The number of nitriles is 1. The normalized spacial score (nSPS) is 28.4. The van der Waals surface area contributed by atoms with Gasteiger partial charge >= 0.3 is 0 Å². The molecule has 2 aromatic rings. The minimum absolute atomic E-state index is 0.0921.